The van der Waals surface area contributed by atoms with Crippen LogP contribution in [0.15, 0.2) is 72.8 Å². The van der Waals surface area contributed by atoms with E-state index in [1.54, 1.807) is 10.6 Å². The fourth-order valence-corrected chi connectivity index (χ4v) is 11.7. The molecule has 0 N–H and O–H groups in total. The molecule has 0 saturated heterocycles. The Morgan fingerprint density at radius 2 is 0.838 bits per heavy atom. The van der Waals surface area contributed by atoms with Crippen LogP contribution in [0.25, 0.3) is 21.5 Å². The Morgan fingerprint density at radius 3 is 1.11 bits per heavy atom. The van der Waals surface area contributed by atoms with Gasteiger partial charge in [0.2, 0.25) is 0 Å². The van der Waals surface area contributed by atoms with Crippen LogP contribution in [-0.4, -0.2) is 22.6 Å². The van der Waals surface area contributed by atoms with Gasteiger partial charge in [-0.25, -0.2) is 0 Å². The van der Waals surface area contributed by atoms with Gasteiger partial charge in [0.15, 0.2) is 0 Å². The van der Waals surface area contributed by atoms with Crippen molar-refractivity contribution < 1.29 is 26.2 Å². The number of hydrogen-bond donors (Lipinski definition) is 0. The van der Waals surface area contributed by atoms with E-state index in [-0.39, 0.29) is 42.0 Å². The van der Waals surface area contributed by atoms with E-state index in [1.165, 1.54) is 47.2 Å². The van der Waals surface area contributed by atoms with Crippen molar-refractivity contribution in [3.8, 4) is 0 Å². The summed E-state index contributed by atoms with van der Waals surface area (Å²) in [6.45, 7) is 19.0. The van der Waals surface area contributed by atoms with Crippen molar-refractivity contribution in [2.24, 2.45) is 0 Å². The fraction of sp³-hybridized carbons (Fsp3) is 0.471. The Kier molecular flexibility index (Phi) is 14.0. The zero-order chi connectivity index (χ0) is 26.2. The second-order valence-electron chi connectivity index (χ2n) is 10.5. The SMILES string of the molecule is CCC(C)P(c1cc2ccccc2[cH-]1)C(C)CC.CCC(C)P(c1cc2ccccc2[cH-]1)C(C)CC.[Zr+2]. The minimum Gasteiger partial charge on any atom is -0.161 e. The van der Waals surface area contributed by atoms with Gasteiger partial charge in [0, 0.05) is 0 Å². The Bertz CT molecular complexity index is 1010. The van der Waals surface area contributed by atoms with E-state index in [0.29, 0.717) is 0 Å². The van der Waals surface area contributed by atoms with E-state index in [0.717, 1.165) is 22.6 Å². The van der Waals surface area contributed by atoms with Crippen LogP contribution >= 0.6 is 15.8 Å². The van der Waals surface area contributed by atoms with E-state index in [2.05, 4.69) is 128 Å². The maximum Gasteiger partial charge on any atom is 2.00 e. The summed E-state index contributed by atoms with van der Waals surface area (Å²) in [5, 5.41) is 8.85. The molecule has 0 radical (unpaired) electrons. The van der Waals surface area contributed by atoms with Crippen molar-refractivity contribution in [1.29, 1.82) is 0 Å². The van der Waals surface area contributed by atoms with Gasteiger partial charge in [-0.3, -0.25) is 0 Å². The Hall–Kier alpha value is -0.597. The average molecular weight is 610 g/mol. The van der Waals surface area contributed by atoms with Crippen LogP contribution in [-0.2, 0) is 26.2 Å². The van der Waals surface area contributed by atoms with E-state index in [1.807, 2.05) is 0 Å². The molecule has 0 bridgehead atoms. The maximum atomic E-state index is 2.43. The van der Waals surface area contributed by atoms with E-state index >= 15 is 0 Å². The van der Waals surface area contributed by atoms with Gasteiger partial charge < -0.3 is 0 Å². The summed E-state index contributed by atoms with van der Waals surface area (Å²) in [5.74, 6) is 0. The number of rotatable bonds is 10. The molecule has 4 aromatic rings. The van der Waals surface area contributed by atoms with Gasteiger partial charge in [-0.1, -0.05) is 83.4 Å². The predicted molar refractivity (Wildman–Crippen MR) is 171 cm³/mol. The molecule has 0 aliphatic carbocycles. The van der Waals surface area contributed by atoms with Crippen molar-refractivity contribution >= 4 is 48.0 Å². The van der Waals surface area contributed by atoms with Crippen LogP contribution in [0, 0.1) is 0 Å². The average Bonchev–Trinajstić information content (AvgIpc) is 3.52. The predicted octanol–water partition coefficient (Wildman–Crippen LogP) is 10.5. The van der Waals surface area contributed by atoms with Crippen molar-refractivity contribution in [2.45, 2.75) is 104 Å². The van der Waals surface area contributed by atoms with Crippen LogP contribution in [0.4, 0.5) is 0 Å². The summed E-state index contributed by atoms with van der Waals surface area (Å²) < 4.78 is 0. The molecule has 4 atom stereocenters. The van der Waals surface area contributed by atoms with Gasteiger partial charge in [-0.05, 0) is 48.3 Å². The molecule has 0 aromatic heterocycles. The zero-order valence-electron chi connectivity index (χ0n) is 24.5. The van der Waals surface area contributed by atoms with Gasteiger partial charge in [-0.2, -0.15) is 12.1 Å². The number of fused-ring (bicyclic) bond motifs is 2. The first-order chi connectivity index (χ1) is 17.3. The largest absolute Gasteiger partial charge is 2.00 e. The maximum absolute atomic E-state index is 2.43. The van der Waals surface area contributed by atoms with Gasteiger partial charge in [0.05, 0.1) is 0 Å². The molecule has 0 heterocycles. The summed E-state index contributed by atoms with van der Waals surface area (Å²) in [6, 6.07) is 27.2. The third-order valence-corrected chi connectivity index (χ3v) is 15.0. The van der Waals surface area contributed by atoms with Crippen LogP contribution in [0.3, 0.4) is 0 Å². The Balaban J connectivity index is 0.000000253. The summed E-state index contributed by atoms with van der Waals surface area (Å²) >= 11 is 0. The minimum absolute atomic E-state index is 0. The molecule has 0 aliphatic heterocycles. The molecular formula is C34H48P2Zr. The van der Waals surface area contributed by atoms with E-state index in [9.17, 15) is 0 Å². The quantitative estimate of drug-likeness (QED) is 0.124. The molecule has 198 valence electrons. The summed E-state index contributed by atoms with van der Waals surface area (Å²) in [6.07, 6.45) is 5.16. The van der Waals surface area contributed by atoms with Crippen molar-refractivity contribution in [2.75, 3.05) is 0 Å². The second kappa shape index (κ2) is 15.9. The molecule has 0 amide bonds. The Labute approximate surface area is 249 Å². The molecule has 4 aromatic carbocycles. The monoisotopic (exact) mass is 608 g/mol. The van der Waals surface area contributed by atoms with Crippen LogP contribution < -0.4 is 10.6 Å². The van der Waals surface area contributed by atoms with Crippen LogP contribution in [0.2, 0.25) is 0 Å². The molecule has 0 fully saturated rings. The molecule has 3 heteroatoms. The van der Waals surface area contributed by atoms with Gasteiger partial charge >= 0.3 is 26.2 Å². The zero-order valence-corrected chi connectivity index (χ0v) is 28.7. The van der Waals surface area contributed by atoms with Crippen LogP contribution in [0.5, 0.6) is 0 Å². The van der Waals surface area contributed by atoms with E-state index < -0.39 is 0 Å². The number of benzene rings is 2. The van der Waals surface area contributed by atoms with Crippen molar-refractivity contribution in [3.05, 3.63) is 72.8 Å². The normalized spacial score (nSPS) is 16.2. The molecule has 0 aliphatic rings. The van der Waals surface area contributed by atoms with Gasteiger partial charge in [0.25, 0.3) is 0 Å². The third kappa shape index (κ3) is 8.20. The van der Waals surface area contributed by atoms with Gasteiger partial charge in [0.1, 0.15) is 0 Å². The number of hydrogen-bond acceptors (Lipinski definition) is 0. The molecule has 0 spiro atoms. The topological polar surface area (TPSA) is 0 Å². The third-order valence-electron chi connectivity index (χ3n) is 8.06. The second-order valence-corrected chi connectivity index (χ2v) is 16.7. The first-order valence-electron chi connectivity index (χ1n) is 14.2. The standard InChI is InChI=1S/2C17H24P.Zr/c2*1-5-13(3)18(14(4)6-2)17-11-15-9-7-8-10-16(15)12-17;/h2*7-14H,5-6H2,1-4H3;/q2*-1;+2. The first kappa shape index (κ1) is 32.6. The fourth-order valence-electron chi connectivity index (χ4n) is 5.24. The smallest absolute Gasteiger partial charge is 0.161 e. The molecular weight excluding hydrogens is 562 g/mol. The Morgan fingerprint density at radius 1 is 0.541 bits per heavy atom. The van der Waals surface area contributed by atoms with Crippen LogP contribution in [0.1, 0.15) is 81.1 Å². The van der Waals surface area contributed by atoms with Crippen molar-refractivity contribution in [3.63, 3.8) is 0 Å². The van der Waals surface area contributed by atoms with Gasteiger partial charge in [-0.15, -0.1) is 80.7 Å². The first-order valence-corrected chi connectivity index (χ1v) is 17.2. The summed E-state index contributed by atoms with van der Waals surface area (Å²) in [5.41, 5.74) is 3.30. The van der Waals surface area contributed by atoms with Crippen molar-refractivity contribution in [1.82, 2.24) is 0 Å². The van der Waals surface area contributed by atoms with E-state index in [4.69, 9.17) is 0 Å². The minimum atomic E-state index is -0.0252. The molecule has 4 rings (SSSR count). The molecule has 0 nitrogen and oxygen atoms in total. The summed E-state index contributed by atoms with van der Waals surface area (Å²) in [7, 11) is -0.0504. The summed E-state index contributed by atoms with van der Waals surface area (Å²) in [4.78, 5) is 0. The molecule has 0 saturated carbocycles. The molecule has 4 unspecified atom stereocenters. The molecule has 37 heavy (non-hydrogen) atoms.